The van der Waals surface area contributed by atoms with E-state index in [1.807, 2.05) is 0 Å². The Kier molecular flexibility index (Phi) is 3.18. The minimum absolute atomic E-state index is 1.51. The van der Waals surface area contributed by atoms with Gasteiger partial charge in [-0.2, -0.15) is 0 Å². The van der Waals surface area contributed by atoms with Crippen LogP contribution in [-0.2, 0) is 6.15 Å². The summed E-state index contributed by atoms with van der Waals surface area (Å²) >= 11 is -3.09. The second kappa shape index (κ2) is 3.41. The van der Waals surface area contributed by atoms with E-state index in [1.54, 1.807) is 9.88 Å². The normalized spacial score (nSPS) is 8.89. The standard InChI is InChI=1S/2CHNO.2CH3.Sn/c2*2-1-3;;;/h2*3H;2*1H3;/q;;;;+2/p-2. The van der Waals surface area contributed by atoms with Gasteiger partial charge in [0.05, 0.1) is 0 Å². The molecular formula is C4H6N2O2Sn. The Balaban J connectivity index is 3.77. The third kappa shape index (κ3) is 3.92. The van der Waals surface area contributed by atoms with Crippen LogP contribution in [-0.4, -0.2) is 19.2 Å². The summed E-state index contributed by atoms with van der Waals surface area (Å²) in [5.74, 6) is 0. The molecule has 0 aromatic carbocycles. The third-order valence-corrected chi connectivity index (χ3v) is 3.91. The van der Waals surface area contributed by atoms with Crippen LogP contribution in [0.2, 0.25) is 9.88 Å². The van der Waals surface area contributed by atoms with Gasteiger partial charge in [-0.05, 0) is 0 Å². The molecule has 0 aliphatic heterocycles. The summed E-state index contributed by atoms with van der Waals surface area (Å²) in [5, 5.41) is 16.0. The maximum atomic E-state index is 8.02. The molecule has 0 heterocycles. The molecular weight excluding hydrogens is 227 g/mol. The van der Waals surface area contributed by atoms with Gasteiger partial charge in [0.15, 0.2) is 0 Å². The first-order chi connectivity index (χ1) is 4.12. The molecule has 48 valence electrons. The average Bonchev–Trinajstić information content (AvgIpc) is 1.64. The SMILES string of the molecule is [CH3][Sn]([CH3])([O]C#N)[O]C#N. The molecule has 0 bridgehead atoms. The zero-order valence-electron chi connectivity index (χ0n) is 5.21. The van der Waals surface area contributed by atoms with Crippen molar-refractivity contribution in [1.29, 1.82) is 10.5 Å². The van der Waals surface area contributed by atoms with Gasteiger partial charge in [0.1, 0.15) is 0 Å². The van der Waals surface area contributed by atoms with Gasteiger partial charge in [0.2, 0.25) is 0 Å². The first-order valence-corrected chi connectivity index (χ1v) is 10.3. The van der Waals surface area contributed by atoms with Gasteiger partial charge in [-0.15, -0.1) is 0 Å². The average molecular weight is 233 g/mol. The predicted octanol–water partition coefficient (Wildman–Crippen LogP) is 0.684. The Morgan fingerprint density at radius 1 is 1.11 bits per heavy atom. The maximum absolute atomic E-state index is 8.02. The van der Waals surface area contributed by atoms with Crippen molar-refractivity contribution in [2.75, 3.05) is 0 Å². The van der Waals surface area contributed by atoms with E-state index in [-0.39, 0.29) is 0 Å². The molecule has 0 unspecified atom stereocenters. The van der Waals surface area contributed by atoms with Gasteiger partial charge >= 0.3 is 58.3 Å². The van der Waals surface area contributed by atoms with Crippen molar-refractivity contribution in [2.45, 2.75) is 9.88 Å². The molecule has 0 spiro atoms. The van der Waals surface area contributed by atoms with Crippen LogP contribution < -0.4 is 0 Å². The molecule has 0 saturated carbocycles. The fraction of sp³-hybridized carbons (Fsp3) is 0.500. The van der Waals surface area contributed by atoms with Crippen molar-refractivity contribution in [2.24, 2.45) is 0 Å². The van der Waals surface area contributed by atoms with Gasteiger partial charge in [-0.3, -0.25) is 0 Å². The summed E-state index contributed by atoms with van der Waals surface area (Å²) in [6, 6.07) is 0. The quantitative estimate of drug-likeness (QED) is 0.519. The first kappa shape index (κ1) is 8.38. The number of hydrogen-bond acceptors (Lipinski definition) is 4. The first-order valence-electron chi connectivity index (χ1n) is 2.26. The summed E-state index contributed by atoms with van der Waals surface area (Å²) in [6.45, 7) is 0. The van der Waals surface area contributed by atoms with Gasteiger partial charge in [-0.25, -0.2) is 0 Å². The predicted molar refractivity (Wildman–Crippen MR) is 30.9 cm³/mol. The van der Waals surface area contributed by atoms with E-state index in [0.29, 0.717) is 0 Å². The third-order valence-electron chi connectivity index (χ3n) is 0.583. The van der Waals surface area contributed by atoms with E-state index in [4.69, 9.17) is 10.5 Å². The van der Waals surface area contributed by atoms with Gasteiger partial charge < -0.3 is 0 Å². The fourth-order valence-electron chi connectivity index (χ4n) is 0.241. The molecule has 0 aromatic rings. The number of nitriles is 2. The van der Waals surface area contributed by atoms with Crippen molar-refractivity contribution in [1.82, 2.24) is 0 Å². The van der Waals surface area contributed by atoms with Crippen LogP contribution in [0.15, 0.2) is 0 Å². The van der Waals surface area contributed by atoms with Crippen LogP contribution in [0.5, 0.6) is 0 Å². The fourth-order valence-corrected chi connectivity index (χ4v) is 1.61. The van der Waals surface area contributed by atoms with Crippen molar-refractivity contribution < 1.29 is 6.15 Å². The molecule has 0 saturated heterocycles. The van der Waals surface area contributed by atoms with E-state index in [1.165, 1.54) is 12.5 Å². The van der Waals surface area contributed by atoms with Crippen LogP contribution in [0.1, 0.15) is 0 Å². The van der Waals surface area contributed by atoms with Crippen molar-refractivity contribution in [3.63, 3.8) is 0 Å². The summed E-state index contributed by atoms with van der Waals surface area (Å²) in [7, 11) is 0. The molecule has 9 heavy (non-hydrogen) atoms. The van der Waals surface area contributed by atoms with E-state index in [9.17, 15) is 0 Å². The molecule has 0 fully saturated rings. The molecule has 0 aliphatic rings. The Bertz CT molecular complexity index is 148. The molecule has 0 aromatic heterocycles. The van der Waals surface area contributed by atoms with Crippen LogP contribution in [0.3, 0.4) is 0 Å². The topological polar surface area (TPSA) is 66.0 Å². The molecule has 0 aliphatic carbocycles. The Hall–Kier alpha value is -0.621. The van der Waals surface area contributed by atoms with Crippen molar-refractivity contribution in [3.8, 4) is 12.5 Å². The van der Waals surface area contributed by atoms with Crippen LogP contribution in [0.25, 0.3) is 0 Å². The number of rotatable bonds is 2. The molecule has 0 radical (unpaired) electrons. The van der Waals surface area contributed by atoms with Gasteiger partial charge in [0, 0.05) is 0 Å². The monoisotopic (exact) mass is 234 g/mol. The summed E-state index contributed by atoms with van der Waals surface area (Å²) < 4.78 is 9.08. The summed E-state index contributed by atoms with van der Waals surface area (Å²) in [5.41, 5.74) is 0. The second-order valence-electron chi connectivity index (χ2n) is 1.79. The van der Waals surface area contributed by atoms with E-state index in [0.717, 1.165) is 0 Å². The Labute approximate surface area is 58.6 Å². The van der Waals surface area contributed by atoms with Crippen molar-refractivity contribution >= 4 is 19.2 Å². The van der Waals surface area contributed by atoms with E-state index >= 15 is 0 Å². The van der Waals surface area contributed by atoms with E-state index < -0.39 is 19.2 Å². The van der Waals surface area contributed by atoms with Crippen LogP contribution in [0.4, 0.5) is 0 Å². The molecule has 0 rings (SSSR count). The minimum atomic E-state index is -3.09. The summed E-state index contributed by atoms with van der Waals surface area (Å²) in [4.78, 5) is 3.36. The van der Waals surface area contributed by atoms with Crippen LogP contribution in [0, 0.1) is 23.0 Å². The summed E-state index contributed by atoms with van der Waals surface area (Å²) in [6.07, 6.45) is 3.02. The molecule has 4 nitrogen and oxygen atoms in total. The molecule has 0 atom stereocenters. The number of nitrogens with zero attached hydrogens (tertiary/aromatic N) is 2. The second-order valence-corrected chi connectivity index (χ2v) is 10.9. The molecule has 0 amide bonds. The zero-order valence-corrected chi connectivity index (χ0v) is 8.07. The van der Waals surface area contributed by atoms with Crippen molar-refractivity contribution in [3.05, 3.63) is 0 Å². The number of hydrogen-bond donors (Lipinski definition) is 0. The van der Waals surface area contributed by atoms with Crippen LogP contribution >= 0.6 is 0 Å². The molecule has 0 N–H and O–H groups in total. The molecule has 5 heteroatoms. The zero-order chi connectivity index (χ0) is 7.33. The van der Waals surface area contributed by atoms with Gasteiger partial charge in [0.25, 0.3) is 0 Å². The Morgan fingerprint density at radius 2 is 1.44 bits per heavy atom. The van der Waals surface area contributed by atoms with E-state index in [2.05, 4.69) is 6.15 Å². The van der Waals surface area contributed by atoms with Gasteiger partial charge in [-0.1, -0.05) is 0 Å². The Morgan fingerprint density at radius 3 is 1.67 bits per heavy atom.